The van der Waals surface area contributed by atoms with Crippen molar-refractivity contribution in [2.45, 2.75) is 6.42 Å². The van der Waals surface area contributed by atoms with Crippen molar-refractivity contribution in [3.8, 4) is 0 Å². The third-order valence-electron chi connectivity index (χ3n) is 2.62. The number of nitro groups is 1. The molecular formula is C12H13BrN4O2S. The van der Waals surface area contributed by atoms with Crippen LogP contribution in [-0.4, -0.2) is 23.5 Å². The fraction of sp³-hybridized carbons (Fsp3) is 0.250. The molecule has 0 aromatic carbocycles. The van der Waals surface area contributed by atoms with Crippen LogP contribution in [0.2, 0.25) is 0 Å². The number of pyridine rings is 1. The molecule has 2 aromatic rings. The van der Waals surface area contributed by atoms with Crippen LogP contribution < -0.4 is 10.6 Å². The predicted molar refractivity (Wildman–Crippen MR) is 84.7 cm³/mol. The molecule has 0 atom stereocenters. The van der Waals surface area contributed by atoms with E-state index in [2.05, 4.69) is 31.5 Å². The Morgan fingerprint density at radius 1 is 1.40 bits per heavy atom. The number of thiophene rings is 1. The van der Waals surface area contributed by atoms with Gasteiger partial charge in [-0.25, -0.2) is 4.98 Å². The maximum Gasteiger partial charge on any atom is 0.311 e. The van der Waals surface area contributed by atoms with E-state index in [1.54, 1.807) is 24.5 Å². The summed E-state index contributed by atoms with van der Waals surface area (Å²) >= 11 is 5.06. The second kappa shape index (κ2) is 6.67. The predicted octanol–water partition coefficient (Wildman–Crippen LogP) is 3.51. The van der Waals surface area contributed by atoms with E-state index in [-0.39, 0.29) is 11.5 Å². The van der Waals surface area contributed by atoms with Gasteiger partial charge in [0.25, 0.3) is 0 Å². The largest absolute Gasteiger partial charge is 0.373 e. The Hall–Kier alpha value is -1.67. The van der Waals surface area contributed by atoms with Gasteiger partial charge in [-0.1, -0.05) is 0 Å². The van der Waals surface area contributed by atoms with E-state index in [9.17, 15) is 10.1 Å². The van der Waals surface area contributed by atoms with Crippen LogP contribution in [0.4, 0.5) is 17.3 Å². The summed E-state index contributed by atoms with van der Waals surface area (Å²) in [4.78, 5) is 15.9. The molecule has 0 radical (unpaired) electrons. The van der Waals surface area contributed by atoms with Gasteiger partial charge in [0.1, 0.15) is 5.82 Å². The number of halogens is 1. The molecule has 2 aromatic heterocycles. The zero-order chi connectivity index (χ0) is 14.5. The van der Waals surface area contributed by atoms with E-state index in [0.717, 1.165) is 10.2 Å². The zero-order valence-electron chi connectivity index (χ0n) is 10.7. The van der Waals surface area contributed by atoms with Crippen molar-refractivity contribution in [1.82, 2.24) is 4.98 Å². The van der Waals surface area contributed by atoms with Crippen LogP contribution in [0.5, 0.6) is 0 Å². The highest BCUT2D eigenvalue weighted by Gasteiger charge is 2.15. The topological polar surface area (TPSA) is 80.1 Å². The molecule has 0 bridgehead atoms. The first-order chi connectivity index (χ1) is 9.60. The molecule has 6 nitrogen and oxygen atoms in total. The lowest BCUT2D eigenvalue weighted by atomic mass is 10.3. The molecule has 2 N–H and O–H groups in total. The molecule has 0 saturated carbocycles. The minimum atomic E-state index is -0.434. The monoisotopic (exact) mass is 356 g/mol. The molecule has 2 heterocycles. The summed E-state index contributed by atoms with van der Waals surface area (Å²) in [5.74, 6) is 0.884. The van der Waals surface area contributed by atoms with Crippen molar-refractivity contribution < 1.29 is 4.92 Å². The Bertz CT molecular complexity index is 617. The molecule has 0 aliphatic heterocycles. The molecule has 8 heteroatoms. The summed E-state index contributed by atoms with van der Waals surface area (Å²) < 4.78 is 1.08. The Morgan fingerprint density at radius 2 is 2.20 bits per heavy atom. The Balaban J connectivity index is 2.05. The smallest absolute Gasteiger partial charge is 0.311 e. The van der Waals surface area contributed by atoms with Crippen molar-refractivity contribution in [3.05, 3.63) is 43.0 Å². The van der Waals surface area contributed by atoms with Gasteiger partial charge in [-0.2, -0.15) is 0 Å². The van der Waals surface area contributed by atoms with Crippen molar-refractivity contribution in [2.75, 3.05) is 24.2 Å². The number of rotatable bonds is 6. The average Bonchev–Trinajstić information content (AvgIpc) is 2.84. The van der Waals surface area contributed by atoms with Gasteiger partial charge in [-0.3, -0.25) is 10.1 Å². The van der Waals surface area contributed by atoms with Crippen molar-refractivity contribution in [3.63, 3.8) is 0 Å². The molecule has 106 valence electrons. The summed E-state index contributed by atoms with van der Waals surface area (Å²) in [5.41, 5.74) is -0.0173. The number of hydrogen-bond donors (Lipinski definition) is 2. The summed E-state index contributed by atoms with van der Waals surface area (Å²) in [6.45, 7) is 0.591. The second-order valence-corrected chi connectivity index (χ2v) is 6.50. The second-order valence-electron chi connectivity index (χ2n) is 3.95. The van der Waals surface area contributed by atoms with Crippen LogP contribution in [-0.2, 0) is 6.42 Å². The highest BCUT2D eigenvalue weighted by Crippen LogP contribution is 2.25. The van der Waals surface area contributed by atoms with Gasteiger partial charge >= 0.3 is 5.69 Å². The van der Waals surface area contributed by atoms with Crippen LogP contribution in [0.3, 0.4) is 0 Å². The highest BCUT2D eigenvalue weighted by molar-refractivity contribution is 9.11. The van der Waals surface area contributed by atoms with E-state index < -0.39 is 4.92 Å². The average molecular weight is 357 g/mol. The maximum absolute atomic E-state index is 11.0. The van der Waals surface area contributed by atoms with Crippen molar-refractivity contribution >= 4 is 44.6 Å². The standard InChI is InChI=1S/C12H13BrN4O2S/c1-14-11-5-3-9(17(18)19)12(16-11)15-7-6-8-2-4-10(13)20-8/h2-5H,6-7H2,1H3,(H2,14,15,16). The summed E-state index contributed by atoms with van der Waals surface area (Å²) in [7, 11) is 1.72. The van der Waals surface area contributed by atoms with Gasteiger partial charge in [-0.05, 0) is 40.5 Å². The number of nitrogens with one attached hydrogen (secondary N) is 2. The number of anilines is 2. The third kappa shape index (κ3) is 3.67. The van der Waals surface area contributed by atoms with Crippen LogP contribution in [0.15, 0.2) is 28.1 Å². The lowest BCUT2D eigenvalue weighted by molar-refractivity contribution is -0.384. The van der Waals surface area contributed by atoms with Gasteiger partial charge in [0, 0.05) is 24.5 Å². The van der Waals surface area contributed by atoms with E-state index in [0.29, 0.717) is 12.4 Å². The highest BCUT2D eigenvalue weighted by atomic mass is 79.9. The van der Waals surface area contributed by atoms with Crippen LogP contribution in [0.25, 0.3) is 0 Å². The van der Waals surface area contributed by atoms with Crippen molar-refractivity contribution in [1.29, 1.82) is 0 Å². The molecule has 0 spiro atoms. The third-order valence-corrected chi connectivity index (χ3v) is 4.30. The first-order valence-corrected chi connectivity index (χ1v) is 7.52. The lowest BCUT2D eigenvalue weighted by Crippen LogP contribution is -2.09. The molecule has 0 amide bonds. The molecule has 20 heavy (non-hydrogen) atoms. The first-order valence-electron chi connectivity index (χ1n) is 5.91. The molecule has 0 aliphatic carbocycles. The molecular weight excluding hydrogens is 344 g/mol. The van der Waals surface area contributed by atoms with Crippen LogP contribution >= 0.6 is 27.3 Å². The SMILES string of the molecule is CNc1ccc([N+](=O)[O-])c(NCCc2ccc(Br)s2)n1. The number of hydrogen-bond acceptors (Lipinski definition) is 6. The first kappa shape index (κ1) is 14.7. The summed E-state index contributed by atoms with van der Waals surface area (Å²) in [6, 6.07) is 7.05. The van der Waals surface area contributed by atoms with Gasteiger partial charge in [0.05, 0.1) is 8.71 Å². The summed E-state index contributed by atoms with van der Waals surface area (Å²) in [6.07, 6.45) is 0.791. The fourth-order valence-electron chi connectivity index (χ4n) is 1.66. The van der Waals surface area contributed by atoms with Gasteiger partial charge < -0.3 is 10.6 Å². The zero-order valence-corrected chi connectivity index (χ0v) is 13.1. The van der Waals surface area contributed by atoms with E-state index in [1.165, 1.54) is 10.9 Å². The normalized spacial score (nSPS) is 10.3. The quantitative estimate of drug-likeness (QED) is 0.611. The molecule has 2 rings (SSSR count). The summed E-state index contributed by atoms with van der Waals surface area (Å²) in [5, 5.41) is 16.9. The molecule has 0 aliphatic rings. The van der Waals surface area contributed by atoms with E-state index in [1.807, 2.05) is 12.1 Å². The van der Waals surface area contributed by atoms with Crippen molar-refractivity contribution in [2.24, 2.45) is 0 Å². The number of aromatic nitrogens is 1. The Morgan fingerprint density at radius 3 is 2.80 bits per heavy atom. The van der Waals surface area contributed by atoms with Gasteiger partial charge in [-0.15, -0.1) is 11.3 Å². The lowest BCUT2D eigenvalue weighted by Gasteiger charge is -2.07. The Labute approximate surface area is 128 Å². The van der Waals surface area contributed by atoms with E-state index in [4.69, 9.17) is 0 Å². The Kier molecular flexibility index (Phi) is 4.91. The van der Waals surface area contributed by atoms with Crippen LogP contribution in [0.1, 0.15) is 4.88 Å². The number of nitrogens with zero attached hydrogens (tertiary/aromatic N) is 2. The van der Waals surface area contributed by atoms with Crippen LogP contribution in [0, 0.1) is 10.1 Å². The van der Waals surface area contributed by atoms with Gasteiger partial charge in [0.2, 0.25) is 5.82 Å². The fourth-order valence-corrected chi connectivity index (χ4v) is 3.14. The molecule has 0 saturated heterocycles. The minimum Gasteiger partial charge on any atom is -0.373 e. The molecule has 0 fully saturated rings. The van der Waals surface area contributed by atoms with Gasteiger partial charge in [0.15, 0.2) is 0 Å². The van der Waals surface area contributed by atoms with E-state index >= 15 is 0 Å². The minimum absolute atomic E-state index is 0.0173. The maximum atomic E-state index is 11.0. The molecule has 0 unspecified atom stereocenters.